The lowest BCUT2D eigenvalue weighted by Crippen LogP contribution is -2.28. The molecule has 0 aliphatic heterocycles. The highest BCUT2D eigenvalue weighted by Gasteiger charge is 2.10. The average Bonchev–Trinajstić information content (AvgIpc) is 2.22. The molecule has 0 saturated carbocycles. The molecule has 1 nitrogen and oxygen atoms in total. The molecule has 0 aromatic heterocycles. The molecule has 2 atom stereocenters. The first kappa shape index (κ1) is 12.8. The Balaban J connectivity index is 2.68. The van der Waals surface area contributed by atoms with E-state index in [1.165, 1.54) is 6.07 Å². The Morgan fingerprint density at radius 3 is 2.56 bits per heavy atom. The summed E-state index contributed by atoms with van der Waals surface area (Å²) in [5, 5.41) is 3.28. The summed E-state index contributed by atoms with van der Waals surface area (Å²) >= 11 is 0. The highest BCUT2D eigenvalue weighted by molar-refractivity contribution is 5.20. The van der Waals surface area contributed by atoms with Crippen molar-refractivity contribution in [1.82, 2.24) is 5.32 Å². The lowest BCUT2D eigenvalue weighted by Gasteiger charge is -2.19. The molecule has 0 radical (unpaired) electrons. The van der Waals surface area contributed by atoms with Gasteiger partial charge in [0.05, 0.1) is 0 Å². The van der Waals surface area contributed by atoms with Crippen molar-refractivity contribution in [2.24, 2.45) is 0 Å². The SMILES string of the molecule is C=CCC(C)NC(C)c1ccc(F)c(F)c1. The van der Waals surface area contributed by atoms with E-state index < -0.39 is 11.6 Å². The number of halogens is 2. The quantitative estimate of drug-likeness (QED) is 0.755. The summed E-state index contributed by atoms with van der Waals surface area (Å²) in [5.41, 5.74) is 0.745. The van der Waals surface area contributed by atoms with Crippen molar-refractivity contribution < 1.29 is 8.78 Å². The number of nitrogens with one attached hydrogen (secondary N) is 1. The molecule has 88 valence electrons. The van der Waals surface area contributed by atoms with Crippen molar-refractivity contribution in [1.29, 1.82) is 0 Å². The largest absolute Gasteiger partial charge is 0.307 e. The van der Waals surface area contributed by atoms with Crippen molar-refractivity contribution in [2.75, 3.05) is 0 Å². The molecular weight excluding hydrogens is 208 g/mol. The fourth-order valence-electron chi connectivity index (χ4n) is 1.62. The van der Waals surface area contributed by atoms with Crippen LogP contribution in [0, 0.1) is 11.6 Å². The molecular formula is C13H17F2N. The zero-order chi connectivity index (χ0) is 12.1. The van der Waals surface area contributed by atoms with Gasteiger partial charge in [0.2, 0.25) is 0 Å². The van der Waals surface area contributed by atoms with Crippen LogP contribution in [-0.4, -0.2) is 6.04 Å². The van der Waals surface area contributed by atoms with Crippen molar-refractivity contribution >= 4 is 0 Å². The molecule has 3 heteroatoms. The van der Waals surface area contributed by atoms with E-state index >= 15 is 0 Å². The fourth-order valence-corrected chi connectivity index (χ4v) is 1.62. The molecule has 2 unspecified atom stereocenters. The summed E-state index contributed by atoms with van der Waals surface area (Å²) in [5.74, 6) is -1.61. The van der Waals surface area contributed by atoms with Gasteiger partial charge >= 0.3 is 0 Å². The summed E-state index contributed by atoms with van der Waals surface area (Å²) in [7, 11) is 0. The van der Waals surface area contributed by atoms with Gasteiger partial charge in [0, 0.05) is 12.1 Å². The number of hydrogen-bond acceptors (Lipinski definition) is 1. The van der Waals surface area contributed by atoms with Crippen LogP contribution in [0.5, 0.6) is 0 Å². The molecule has 1 rings (SSSR count). The molecule has 0 fully saturated rings. The molecule has 16 heavy (non-hydrogen) atoms. The first-order valence-corrected chi connectivity index (χ1v) is 5.36. The highest BCUT2D eigenvalue weighted by Crippen LogP contribution is 2.16. The summed E-state index contributed by atoms with van der Waals surface area (Å²) in [4.78, 5) is 0. The first-order chi connectivity index (χ1) is 7.54. The monoisotopic (exact) mass is 225 g/mol. The Bertz CT molecular complexity index is 363. The van der Waals surface area contributed by atoms with E-state index in [2.05, 4.69) is 11.9 Å². The molecule has 0 aliphatic carbocycles. The van der Waals surface area contributed by atoms with Gasteiger partial charge < -0.3 is 5.32 Å². The van der Waals surface area contributed by atoms with Gasteiger partial charge in [-0.15, -0.1) is 6.58 Å². The van der Waals surface area contributed by atoms with E-state index in [9.17, 15) is 8.78 Å². The number of hydrogen-bond donors (Lipinski definition) is 1. The lowest BCUT2D eigenvalue weighted by atomic mass is 10.1. The predicted octanol–water partition coefficient (Wildman–Crippen LogP) is 3.58. The third kappa shape index (κ3) is 3.42. The molecule has 1 N–H and O–H groups in total. The van der Waals surface area contributed by atoms with Gasteiger partial charge in [0.1, 0.15) is 0 Å². The van der Waals surface area contributed by atoms with Crippen LogP contribution in [0.15, 0.2) is 30.9 Å². The van der Waals surface area contributed by atoms with Crippen LogP contribution >= 0.6 is 0 Å². The van der Waals surface area contributed by atoms with Crippen LogP contribution in [0.1, 0.15) is 31.9 Å². The lowest BCUT2D eigenvalue weighted by molar-refractivity contribution is 0.472. The van der Waals surface area contributed by atoms with Gasteiger partial charge in [-0.2, -0.15) is 0 Å². The fraction of sp³-hybridized carbons (Fsp3) is 0.385. The Kier molecular flexibility index (Phi) is 4.62. The number of benzene rings is 1. The van der Waals surface area contributed by atoms with Gasteiger partial charge in [-0.1, -0.05) is 12.1 Å². The zero-order valence-corrected chi connectivity index (χ0v) is 9.63. The molecule has 0 saturated heterocycles. The van der Waals surface area contributed by atoms with Crippen LogP contribution in [0.2, 0.25) is 0 Å². The Hall–Kier alpha value is -1.22. The van der Waals surface area contributed by atoms with Crippen LogP contribution in [-0.2, 0) is 0 Å². The third-order valence-electron chi connectivity index (χ3n) is 2.50. The van der Waals surface area contributed by atoms with Gasteiger partial charge in [-0.05, 0) is 38.0 Å². The predicted molar refractivity (Wildman–Crippen MR) is 62.2 cm³/mol. The molecule has 1 aromatic carbocycles. The van der Waals surface area contributed by atoms with Crippen molar-refractivity contribution in [3.8, 4) is 0 Å². The van der Waals surface area contributed by atoms with E-state index in [0.717, 1.165) is 18.1 Å². The highest BCUT2D eigenvalue weighted by atomic mass is 19.2. The maximum atomic E-state index is 13.0. The van der Waals surface area contributed by atoms with Crippen LogP contribution in [0.25, 0.3) is 0 Å². The molecule has 0 bridgehead atoms. The van der Waals surface area contributed by atoms with E-state index in [-0.39, 0.29) is 12.1 Å². The molecule has 0 spiro atoms. The summed E-state index contributed by atoms with van der Waals surface area (Å²) in [6.07, 6.45) is 2.67. The Morgan fingerprint density at radius 1 is 1.31 bits per heavy atom. The summed E-state index contributed by atoms with van der Waals surface area (Å²) < 4.78 is 25.7. The molecule has 0 heterocycles. The topological polar surface area (TPSA) is 12.0 Å². The molecule has 0 amide bonds. The standard InChI is InChI=1S/C13H17F2N/c1-4-5-9(2)16-10(3)11-6-7-12(14)13(15)8-11/h4,6-10,16H,1,5H2,2-3H3. The van der Waals surface area contributed by atoms with Gasteiger partial charge in [-0.3, -0.25) is 0 Å². The normalized spacial score (nSPS) is 14.5. The molecule has 1 aromatic rings. The molecule has 0 aliphatic rings. The van der Waals surface area contributed by atoms with Crippen molar-refractivity contribution in [3.05, 3.63) is 48.1 Å². The minimum atomic E-state index is -0.810. The minimum Gasteiger partial charge on any atom is -0.307 e. The van der Waals surface area contributed by atoms with Crippen molar-refractivity contribution in [3.63, 3.8) is 0 Å². The second-order valence-electron chi connectivity index (χ2n) is 3.99. The van der Waals surface area contributed by atoms with Gasteiger partial charge in [0.25, 0.3) is 0 Å². The smallest absolute Gasteiger partial charge is 0.159 e. The van der Waals surface area contributed by atoms with Crippen LogP contribution in [0.4, 0.5) is 8.78 Å². The third-order valence-corrected chi connectivity index (χ3v) is 2.50. The Labute approximate surface area is 95.2 Å². The summed E-state index contributed by atoms with van der Waals surface area (Å²) in [6, 6.07) is 4.23. The zero-order valence-electron chi connectivity index (χ0n) is 9.63. The van der Waals surface area contributed by atoms with E-state index in [1.54, 1.807) is 6.07 Å². The second kappa shape index (κ2) is 5.75. The minimum absolute atomic E-state index is 0.00921. The van der Waals surface area contributed by atoms with E-state index in [0.29, 0.717) is 0 Å². The Morgan fingerprint density at radius 2 is 2.00 bits per heavy atom. The van der Waals surface area contributed by atoms with Gasteiger partial charge in [0.15, 0.2) is 11.6 Å². The average molecular weight is 225 g/mol. The summed E-state index contributed by atoms with van der Waals surface area (Å²) in [6.45, 7) is 7.61. The van der Waals surface area contributed by atoms with E-state index in [1.807, 2.05) is 19.9 Å². The maximum Gasteiger partial charge on any atom is 0.159 e. The van der Waals surface area contributed by atoms with Gasteiger partial charge in [-0.25, -0.2) is 8.78 Å². The maximum absolute atomic E-state index is 13.0. The van der Waals surface area contributed by atoms with Crippen molar-refractivity contribution in [2.45, 2.75) is 32.4 Å². The number of rotatable bonds is 5. The first-order valence-electron chi connectivity index (χ1n) is 5.36. The van der Waals surface area contributed by atoms with Crippen LogP contribution < -0.4 is 5.32 Å². The van der Waals surface area contributed by atoms with Crippen LogP contribution in [0.3, 0.4) is 0 Å². The second-order valence-corrected chi connectivity index (χ2v) is 3.99. The van der Waals surface area contributed by atoms with E-state index in [4.69, 9.17) is 0 Å².